The van der Waals surface area contributed by atoms with E-state index in [0.29, 0.717) is 0 Å². The van der Waals surface area contributed by atoms with E-state index in [-0.39, 0.29) is 0 Å². The number of nitrogens with two attached hydrogens (primary N) is 1. The van der Waals surface area contributed by atoms with Gasteiger partial charge in [0, 0.05) is 18.0 Å². The van der Waals surface area contributed by atoms with Gasteiger partial charge < -0.3 is 10.6 Å². The van der Waals surface area contributed by atoms with Crippen LogP contribution in [0.3, 0.4) is 0 Å². The molecule has 0 amide bonds. The van der Waals surface area contributed by atoms with Crippen molar-refractivity contribution < 1.29 is 0 Å². The first-order valence-electron chi connectivity index (χ1n) is 5.81. The second kappa shape index (κ2) is 7.85. The molecule has 1 rings (SSSR count). The Balaban J connectivity index is 2.05. The number of likely N-dealkylation sites (N-methyl/N-ethyl adjacent to an activating group) is 1. The van der Waals surface area contributed by atoms with E-state index in [9.17, 15) is 0 Å². The Kier molecular flexibility index (Phi) is 6.64. The molecule has 0 fully saturated rings. The summed E-state index contributed by atoms with van der Waals surface area (Å²) in [7, 11) is 0. The van der Waals surface area contributed by atoms with E-state index in [0.717, 1.165) is 19.6 Å². The average molecular weight is 226 g/mol. The van der Waals surface area contributed by atoms with Gasteiger partial charge in [-0.2, -0.15) is 0 Å². The molecule has 0 spiro atoms. The molecule has 0 unspecified atom stereocenters. The Morgan fingerprint density at radius 1 is 1.33 bits per heavy atom. The van der Waals surface area contributed by atoms with E-state index >= 15 is 0 Å². The van der Waals surface area contributed by atoms with Crippen molar-refractivity contribution in [1.29, 1.82) is 0 Å². The smallest absolute Gasteiger partial charge is 0.0104 e. The van der Waals surface area contributed by atoms with Crippen molar-refractivity contribution in [2.24, 2.45) is 5.73 Å². The van der Waals surface area contributed by atoms with Crippen LogP contribution in [0.2, 0.25) is 0 Å². The molecular weight excluding hydrogens is 204 g/mol. The van der Waals surface area contributed by atoms with Crippen LogP contribution in [0.25, 0.3) is 0 Å². The number of unbranched alkanes of at least 4 members (excludes halogenated alkanes) is 1. The number of thiophene rings is 1. The van der Waals surface area contributed by atoms with Crippen molar-refractivity contribution in [3.05, 3.63) is 22.4 Å². The predicted molar refractivity (Wildman–Crippen MR) is 68.4 cm³/mol. The molecule has 2 nitrogen and oxygen atoms in total. The third-order valence-electron chi connectivity index (χ3n) is 2.62. The summed E-state index contributed by atoms with van der Waals surface area (Å²) in [6, 6.07) is 4.36. The molecule has 1 aromatic rings. The maximum atomic E-state index is 5.55. The molecule has 15 heavy (non-hydrogen) atoms. The molecule has 0 radical (unpaired) electrons. The summed E-state index contributed by atoms with van der Waals surface area (Å²) < 4.78 is 0. The minimum Gasteiger partial charge on any atom is -0.329 e. The lowest BCUT2D eigenvalue weighted by Crippen LogP contribution is -2.30. The molecule has 86 valence electrons. The third-order valence-corrected chi connectivity index (χ3v) is 3.56. The molecule has 0 atom stereocenters. The molecular formula is C12H22N2S. The van der Waals surface area contributed by atoms with Crippen LogP contribution in [0, 0.1) is 0 Å². The minimum atomic E-state index is 0.777. The molecule has 0 saturated carbocycles. The van der Waals surface area contributed by atoms with Crippen molar-refractivity contribution in [3.8, 4) is 0 Å². The van der Waals surface area contributed by atoms with Crippen molar-refractivity contribution in [2.45, 2.75) is 26.2 Å². The van der Waals surface area contributed by atoms with E-state index < -0.39 is 0 Å². The van der Waals surface area contributed by atoms with Crippen LogP contribution in [0.5, 0.6) is 0 Å². The minimum absolute atomic E-state index is 0.777. The molecule has 0 aromatic carbocycles. The summed E-state index contributed by atoms with van der Waals surface area (Å²) >= 11 is 1.86. The highest BCUT2D eigenvalue weighted by Gasteiger charge is 2.00. The van der Waals surface area contributed by atoms with Gasteiger partial charge in [0.25, 0.3) is 0 Å². The Bertz CT molecular complexity index is 234. The van der Waals surface area contributed by atoms with Crippen LogP contribution >= 0.6 is 11.3 Å². The number of aryl methyl sites for hydroxylation is 1. The molecule has 2 N–H and O–H groups in total. The third kappa shape index (κ3) is 5.30. The van der Waals surface area contributed by atoms with Crippen molar-refractivity contribution in [3.63, 3.8) is 0 Å². The van der Waals surface area contributed by atoms with Gasteiger partial charge in [-0.15, -0.1) is 11.3 Å². The first-order chi connectivity index (χ1) is 7.36. The number of hydrogen-bond donors (Lipinski definition) is 1. The summed E-state index contributed by atoms with van der Waals surface area (Å²) in [5.74, 6) is 0. The highest BCUT2D eigenvalue weighted by molar-refractivity contribution is 7.09. The Morgan fingerprint density at radius 2 is 2.20 bits per heavy atom. The number of hydrogen-bond acceptors (Lipinski definition) is 3. The van der Waals surface area contributed by atoms with Gasteiger partial charge >= 0.3 is 0 Å². The van der Waals surface area contributed by atoms with Crippen molar-refractivity contribution in [1.82, 2.24) is 4.90 Å². The molecule has 3 heteroatoms. The molecule has 1 aromatic heterocycles. The zero-order chi connectivity index (χ0) is 10.9. The Hall–Kier alpha value is -0.380. The van der Waals surface area contributed by atoms with Gasteiger partial charge in [0.1, 0.15) is 0 Å². The lowest BCUT2D eigenvalue weighted by molar-refractivity contribution is 0.290. The summed E-state index contributed by atoms with van der Waals surface area (Å²) in [6.45, 7) is 6.33. The first-order valence-corrected chi connectivity index (χ1v) is 6.69. The van der Waals surface area contributed by atoms with E-state index in [2.05, 4.69) is 29.3 Å². The van der Waals surface area contributed by atoms with E-state index in [4.69, 9.17) is 5.73 Å². The van der Waals surface area contributed by atoms with Gasteiger partial charge in [-0.1, -0.05) is 13.0 Å². The normalized spacial score (nSPS) is 11.1. The molecule has 0 aliphatic carbocycles. The van der Waals surface area contributed by atoms with Crippen LogP contribution in [0.1, 0.15) is 24.6 Å². The fraction of sp³-hybridized carbons (Fsp3) is 0.667. The van der Waals surface area contributed by atoms with Crippen molar-refractivity contribution >= 4 is 11.3 Å². The van der Waals surface area contributed by atoms with Gasteiger partial charge in [-0.3, -0.25) is 0 Å². The zero-order valence-electron chi connectivity index (χ0n) is 9.61. The van der Waals surface area contributed by atoms with Crippen LogP contribution < -0.4 is 5.73 Å². The standard InChI is InChI=1S/C12H22N2S/c1-2-14(10-8-13)9-4-3-6-12-7-5-11-15-12/h5,7,11H,2-4,6,8-10,13H2,1H3. The lowest BCUT2D eigenvalue weighted by atomic mass is 10.2. The second-order valence-electron chi connectivity index (χ2n) is 3.76. The van der Waals surface area contributed by atoms with Gasteiger partial charge in [-0.25, -0.2) is 0 Å². The lowest BCUT2D eigenvalue weighted by Gasteiger charge is -2.18. The summed E-state index contributed by atoms with van der Waals surface area (Å²) in [5.41, 5.74) is 5.55. The van der Waals surface area contributed by atoms with E-state index in [1.807, 2.05) is 11.3 Å². The topological polar surface area (TPSA) is 29.3 Å². The van der Waals surface area contributed by atoms with Crippen LogP contribution in [0.4, 0.5) is 0 Å². The van der Waals surface area contributed by atoms with E-state index in [1.165, 1.54) is 30.7 Å². The fourth-order valence-corrected chi connectivity index (χ4v) is 2.45. The first kappa shape index (κ1) is 12.7. The quantitative estimate of drug-likeness (QED) is 0.689. The van der Waals surface area contributed by atoms with Crippen LogP contribution in [-0.2, 0) is 6.42 Å². The highest BCUT2D eigenvalue weighted by Crippen LogP contribution is 2.11. The summed E-state index contributed by atoms with van der Waals surface area (Å²) in [6.07, 6.45) is 3.81. The molecule has 0 bridgehead atoms. The van der Waals surface area contributed by atoms with Gasteiger partial charge in [0.2, 0.25) is 0 Å². The largest absolute Gasteiger partial charge is 0.329 e. The maximum Gasteiger partial charge on any atom is 0.0104 e. The Labute approximate surface area is 97.1 Å². The Morgan fingerprint density at radius 3 is 2.80 bits per heavy atom. The van der Waals surface area contributed by atoms with Gasteiger partial charge in [0.15, 0.2) is 0 Å². The SMILES string of the molecule is CCN(CCN)CCCCc1cccs1. The summed E-state index contributed by atoms with van der Waals surface area (Å²) in [5, 5.41) is 2.15. The molecule has 0 aliphatic rings. The zero-order valence-corrected chi connectivity index (χ0v) is 10.4. The maximum absolute atomic E-state index is 5.55. The number of rotatable bonds is 8. The van der Waals surface area contributed by atoms with Crippen LogP contribution in [0.15, 0.2) is 17.5 Å². The molecule has 0 aliphatic heterocycles. The predicted octanol–water partition coefficient (Wildman–Crippen LogP) is 2.35. The monoisotopic (exact) mass is 226 g/mol. The highest BCUT2D eigenvalue weighted by atomic mass is 32.1. The van der Waals surface area contributed by atoms with Gasteiger partial charge in [0.05, 0.1) is 0 Å². The molecule has 1 heterocycles. The van der Waals surface area contributed by atoms with E-state index in [1.54, 1.807) is 0 Å². The van der Waals surface area contributed by atoms with Gasteiger partial charge in [-0.05, 0) is 43.8 Å². The second-order valence-corrected chi connectivity index (χ2v) is 4.79. The van der Waals surface area contributed by atoms with Crippen LogP contribution in [-0.4, -0.2) is 31.1 Å². The average Bonchev–Trinajstić information content (AvgIpc) is 2.75. The summed E-state index contributed by atoms with van der Waals surface area (Å²) in [4.78, 5) is 3.94. The van der Waals surface area contributed by atoms with Crippen molar-refractivity contribution in [2.75, 3.05) is 26.2 Å². The molecule has 0 saturated heterocycles. The number of nitrogens with zero attached hydrogens (tertiary/aromatic N) is 1. The fourth-order valence-electron chi connectivity index (χ4n) is 1.70.